The van der Waals surface area contributed by atoms with Gasteiger partial charge in [0.25, 0.3) is 0 Å². The molecule has 2 N–H and O–H groups in total. The van der Waals surface area contributed by atoms with Crippen LogP contribution >= 0.6 is 11.6 Å². The minimum absolute atomic E-state index is 0.223. The van der Waals surface area contributed by atoms with E-state index in [1.165, 1.54) is 0 Å². The number of benzene rings is 1. The number of nitrogens with one attached hydrogen (secondary N) is 2. The van der Waals surface area contributed by atoms with E-state index in [2.05, 4.69) is 30.2 Å². The number of anilines is 1. The molecule has 0 bridgehead atoms. The van der Waals surface area contributed by atoms with E-state index in [1.54, 1.807) is 12.7 Å². The van der Waals surface area contributed by atoms with Crippen LogP contribution in [-0.2, 0) is 10.2 Å². The van der Waals surface area contributed by atoms with Crippen molar-refractivity contribution in [2.75, 3.05) is 44.2 Å². The SMILES string of the molecule is O=C(N1CCN(c2ncnc3nc[nH]c23)CC1)C1(c2ccc(Cl)cc2)CCNCC1. The molecule has 0 unspecified atom stereocenters. The van der Waals surface area contributed by atoms with Crippen LogP contribution in [0.1, 0.15) is 18.4 Å². The highest BCUT2D eigenvalue weighted by Gasteiger charge is 2.44. The Morgan fingerprint density at radius 1 is 1.00 bits per heavy atom. The molecule has 1 aromatic carbocycles. The van der Waals surface area contributed by atoms with Gasteiger partial charge in [0.05, 0.1) is 11.7 Å². The highest BCUT2D eigenvalue weighted by atomic mass is 35.5. The molecule has 5 rings (SSSR count). The maximum atomic E-state index is 13.8. The second-order valence-corrected chi connectivity index (χ2v) is 8.35. The molecule has 0 aliphatic carbocycles. The van der Waals surface area contributed by atoms with Crippen molar-refractivity contribution in [3.63, 3.8) is 0 Å². The normalized spacial score (nSPS) is 19.2. The second-order valence-electron chi connectivity index (χ2n) is 7.92. The van der Waals surface area contributed by atoms with E-state index in [0.717, 1.165) is 55.9 Å². The van der Waals surface area contributed by atoms with Gasteiger partial charge in [0.1, 0.15) is 11.8 Å². The van der Waals surface area contributed by atoms with Crippen molar-refractivity contribution < 1.29 is 4.79 Å². The third-order valence-electron chi connectivity index (χ3n) is 6.33. The number of nitrogens with zero attached hydrogens (tertiary/aromatic N) is 5. The molecular weight excluding hydrogens is 402 g/mol. The second kappa shape index (κ2) is 7.85. The van der Waals surface area contributed by atoms with Gasteiger partial charge < -0.3 is 20.1 Å². The molecule has 8 nitrogen and oxygen atoms in total. The number of imidazole rings is 1. The van der Waals surface area contributed by atoms with Gasteiger partial charge in [-0.1, -0.05) is 23.7 Å². The van der Waals surface area contributed by atoms with Gasteiger partial charge in [-0.25, -0.2) is 15.0 Å². The average Bonchev–Trinajstić information content (AvgIpc) is 3.29. The first-order valence-corrected chi connectivity index (χ1v) is 10.7. The molecule has 2 aromatic heterocycles. The summed E-state index contributed by atoms with van der Waals surface area (Å²) in [7, 11) is 0. The van der Waals surface area contributed by atoms with Gasteiger partial charge >= 0.3 is 0 Å². The third kappa shape index (κ3) is 3.30. The lowest BCUT2D eigenvalue weighted by atomic mass is 9.72. The summed E-state index contributed by atoms with van der Waals surface area (Å²) in [5.41, 5.74) is 2.09. The fourth-order valence-corrected chi connectivity index (χ4v) is 4.79. The van der Waals surface area contributed by atoms with Gasteiger partial charge in [0.2, 0.25) is 5.91 Å². The standard InChI is InChI=1S/C21H24ClN7O/c22-16-3-1-15(2-4-16)21(5-7-23-8-6-21)20(30)29-11-9-28(10-12-29)19-17-18(25-13-24-17)26-14-27-19/h1-4,13-14,23H,5-12H2,(H,24,25,26,27). The lowest BCUT2D eigenvalue weighted by Crippen LogP contribution is -2.57. The van der Waals surface area contributed by atoms with Gasteiger partial charge in [-0.2, -0.15) is 0 Å². The quantitative estimate of drug-likeness (QED) is 0.666. The number of piperidine rings is 1. The fraction of sp³-hybridized carbons (Fsp3) is 0.429. The largest absolute Gasteiger partial charge is 0.351 e. The van der Waals surface area contributed by atoms with Crippen LogP contribution in [0.25, 0.3) is 11.2 Å². The van der Waals surface area contributed by atoms with Crippen molar-refractivity contribution in [3.05, 3.63) is 47.5 Å². The Balaban J connectivity index is 1.36. The van der Waals surface area contributed by atoms with Gasteiger partial charge in [0.15, 0.2) is 11.5 Å². The first-order chi connectivity index (χ1) is 14.7. The Morgan fingerprint density at radius 3 is 2.47 bits per heavy atom. The van der Waals surface area contributed by atoms with Gasteiger partial charge in [-0.15, -0.1) is 0 Å². The van der Waals surface area contributed by atoms with Crippen LogP contribution in [0.5, 0.6) is 0 Å². The smallest absolute Gasteiger partial charge is 0.233 e. The van der Waals surface area contributed by atoms with Gasteiger partial charge in [-0.05, 0) is 43.6 Å². The highest BCUT2D eigenvalue weighted by Crippen LogP contribution is 2.36. The molecule has 9 heteroatoms. The zero-order valence-electron chi connectivity index (χ0n) is 16.6. The summed E-state index contributed by atoms with van der Waals surface area (Å²) in [6.45, 7) is 4.47. The van der Waals surface area contributed by atoms with Crippen molar-refractivity contribution in [2.24, 2.45) is 0 Å². The summed E-state index contributed by atoms with van der Waals surface area (Å²) in [4.78, 5) is 34.0. The molecular formula is C21H24ClN7O. The predicted molar refractivity (Wildman–Crippen MR) is 116 cm³/mol. The Morgan fingerprint density at radius 2 is 1.73 bits per heavy atom. The van der Waals surface area contributed by atoms with Crippen molar-refractivity contribution in [3.8, 4) is 0 Å². The molecule has 156 valence electrons. The molecule has 2 aliphatic heterocycles. The van der Waals surface area contributed by atoms with Crippen LogP contribution in [0, 0.1) is 0 Å². The Labute approximate surface area is 179 Å². The molecule has 1 amide bonds. The minimum atomic E-state index is -0.483. The number of piperazine rings is 1. The Hall–Kier alpha value is -2.71. The van der Waals surface area contributed by atoms with E-state index in [-0.39, 0.29) is 5.91 Å². The van der Waals surface area contributed by atoms with Crippen LogP contribution in [0.4, 0.5) is 5.82 Å². The molecule has 30 heavy (non-hydrogen) atoms. The average molecular weight is 426 g/mol. The van der Waals surface area contributed by atoms with E-state index in [9.17, 15) is 4.79 Å². The molecule has 0 atom stereocenters. The van der Waals surface area contributed by atoms with E-state index in [0.29, 0.717) is 23.8 Å². The van der Waals surface area contributed by atoms with Crippen LogP contribution in [0.3, 0.4) is 0 Å². The number of fused-ring (bicyclic) bond motifs is 1. The molecule has 0 radical (unpaired) electrons. The first kappa shape index (κ1) is 19.3. The number of H-pyrrole nitrogens is 1. The molecule has 2 saturated heterocycles. The summed E-state index contributed by atoms with van der Waals surface area (Å²) in [5.74, 6) is 1.07. The lowest BCUT2D eigenvalue weighted by molar-refractivity contribution is -0.139. The monoisotopic (exact) mass is 425 g/mol. The summed E-state index contributed by atoms with van der Waals surface area (Å²) in [6.07, 6.45) is 4.78. The molecule has 2 aliphatic rings. The van der Waals surface area contributed by atoms with Crippen molar-refractivity contribution in [1.29, 1.82) is 0 Å². The molecule has 0 saturated carbocycles. The number of rotatable bonds is 3. The number of aromatic nitrogens is 4. The zero-order chi connectivity index (χ0) is 20.6. The molecule has 0 spiro atoms. The third-order valence-corrected chi connectivity index (χ3v) is 6.58. The van der Waals surface area contributed by atoms with E-state index < -0.39 is 5.41 Å². The molecule has 2 fully saturated rings. The summed E-state index contributed by atoms with van der Waals surface area (Å²) < 4.78 is 0. The first-order valence-electron chi connectivity index (χ1n) is 10.3. The number of hydrogen-bond acceptors (Lipinski definition) is 6. The predicted octanol–water partition coefficient (Wildman–Crippen LogP) is 1.98. The molecule has 3 aromatic rings. The summed E-state index contributed by atoms with van der Waals surface area (Å²) in [5, 5.41) is 4.09. The van der Waals surface area contributed by atoms with Crippen molar-refractivity contribution >= 4 is 34.5 Å². The topological polar surface area (TPSA) is 90.0 Å². The summed E-state index contributed by atoms with van der Waals surface area (Å²) in [6, 6.07) is 7.79. The number of carbonyl (C=O) groups excluding carboxylic acids is 1. The van der Waals surface area contributed by atoms with Gasteiger partial charge in [-0.3, -0.25) is 4.79 Å². The van der Waals surface area contributed by atoms with E-state index in [1.807, 2.05) is 29.2 Å². The van der Waals surface area contributed by atoms with E-state index >= 15 is 0 Å². The fourth-order valence-electron chi connectivity index (χ4n) is 4.66. The Bertz CT molecular complexity index is 1040. The summed E-state index contributed by atoms with van der Waals surface area (Å²) >= 11 is 6.10. The highest BCUT2D eigenvalue weighted by molar-refractivity contribution is 6.30. The number of halogens is 1. The maximum absolute atomic E-state index is 13.8. The Kier molecular flexibility index (Phi) is 5.04. The number of aromatic amines is 1. The zero-order valence-corrected chi connectivity index (χ0v) is 17.4. The number of carbonyl (C=O) groups is 1. The maximum Gasteiger partial charge on any atom is 0.233 e. The number of amides is 1. The van der Waals surface area contributed by atoms with Crippen LogP contribution < -0.4 is 10.2 Å². The van der Waals surface area contributed by atoms with Crippen molar-refractivity contribution in [1.82, 2.24) is 30.2 Å². The van der Waals surface area contributed by atoms with Crippen LogP contribution in [0.2, 0.25) is 5.02 Å². The lowest BCUT2D eigenvalue weighted by Gasteiger charge is -2.43. The van der Waals surface area contributed by atoms with E-state index in [4.69, 9.17) is 11.6 Å². The van der Waals surface area contributed by atoms with Crippen LogP contribution in [0.15, 0.2) is 36.9 Å². The van der Waals surface area contributed by atoms with Gasteiger partial charge in [0, 0.05) is 31.2 Å². The minimum Gasteiger partial charge on any atom is -0.351 e. The van der Waals surface area contributed by atoms with Crippen molar-refractivity contribution in [2.45, 2.75) is 18.3 Å². The van der Waals surface area contributed by atoms with Crippen LogP contribution in [-0.4, -0.2) is 70.0 Å². The molecule has 4 heterocycles. The number of hydrogen-bond donors (Lipinski definition) is 2.